The van der Waals surface area contributed by atoms with Crippen LogP contribution >= 0.6 is 0 Å². The Balaban J connectivity index is 1.96. The topological polar surface area (TPSA) is 85.5 Å². The molecule has 0 bridgehead atoms. The molecule has 1 N–H and O–H groups in total. The molecule has 0 atom stereocenters. The minimum atomic E-state index is -0.991. The number of carbonyl (C=O) groups is 1. The number of carboxylic acids is 1. The summed E-state index contributed by atoms with van der Waals surface area (Å²) in [5, 5.41) is 12.7. The highest BCUT2D eigenvalue weighted by atomic mass is 16.5. The molecule has 2 aromatic rings. The van der Waals surface area contributed by atoms with Crippen LogP contribution in [0.4, 0.5) is 0 Å². The van der Waals surface area contributed by atoms with Crippen LogP contribution in [0.1, 0.15) is 35.9 Å². The van der Waals surface area contributed by atoms with Gasteiger partial charge in [-0.1, -0.05) is 25.1 Å². The first-order chi connectivity index (χ1) is 9.54. The first-order valence-electron chi connectivity index (χ1n) is 6.32. The number of benzene rings is 1. The standard InChI is InChI=1S/C14H16N2O4/c1-9(2)6-13-15-12(16-20-13)8-19-11-5-3-4-10(7-11)14(17)18/h3-5,7,9H,6,8H2,1-2H3,(H,17,18). The molecule has 6 heteroatoms. The number of hydrogen-bond acceptors (Lipinski definition) is 5. The SMILES string of the molecule is CC(C)Cc1nc(COc2cccc(C(=O)O)c2)no1. The van der Waals surface area contributed by atoms with E-state index in [1.165, 1.54) is 12.1 Å². The van der Waals surface area contributed by atoms with E-state index in [9.17, 15) is 4.79 Å². The lowest BCUT2D eigenvalue weighted by atomic mass is 10.1. The summed E-state index contributed by atoms with van der Waals surface area (Å²) in [6.45, 7) is 4.28. The van der Waals surface area contributed by atoms with Gasteiger partial charge in [0.05, 0.1) is 5.56 Å². The zero-order valence-electron chi connectivity index (χ0n) is 11.4. The number of nitrogens with zero attached hydrogens (tertiary/aromatic N) is 2. The number of carboxylic acid groups (broad SMARTS) is 1. The average Bonchev–Trinajstić information content (AvgIpc) is 2.83. The highest BCUT2D eigenvalue weighted by molar-refractivity contribution is 5.87. The van der Waals surface area contributed by atoms with Gasteiger partial charge in [0.2, 0.25) is 11.7 Å². The second-order valence-corrected chi connectivity index (χ2v) is 4.82. The Morgan fingerprint density at radius 2 is 2.25 bits per heavy atom. The van der Waals surface area contributed by atoms with Crippen LogP contribution in [0.25, 0.3) is 0 Å². The number of hydrogen-bond donors (Lipinski definition) is 1. The third-order valence-electron chi connectivity index (χ3n) is 2.54. The molecule has 0 amide bonds. The Morgan fingerprint density at radius 1 is 1.45 bits per heavy atom. The second-order valence-electron chi connectivity index (χ2n) is 4.82. The van der Waals surface area contributed by atoms with Gasteiger partial charge < -0.3 is 14.4 Å². The van der Waals surface area contributed by atoms with Crippen LogP contribution < -0.4 is 4.74 Å². The van der Waals surface area contributed by atoms with Gasteiger partial charge in [-0.2, -0.15) is 4.98 Å². The van der Waals surface area contributed by atoms with Crippen LogP contribution in [0.3, 0.4) is 0 Å². The third kappa shape index (κ3) is 3.81. The Hall–Kier alpha value is -2.37. The van der Waals surface area contributed by atoms with Crippen LogP contribution in [0.15, 0.2) is 28.8 Å². The van der Waals surface area contributed by atoms with Crippen molar-refractivity contribution in [1.29, 1.82) is 0 Å². The van der Waals surface area contributed by atoms with Gasteiger partial charge in [-0.05, 0) is 24.1 Å². The van der Waals surface area contributed by atoms with E-state index in [0.29, 0.717) is 23.4 Å². The lowest BCUT2D eigenvalue weighted by Crippen LogP contribution is -2.01. The average molecular weight is 276 g/mol. The van der Waals surface area contributed by atoms with Crippen LogP contribution in [0.2, 0.25) is 0 Å². The fourth-order valence-corrected chi connectivity index (χ4v) is 1.65. The Kier molecular flexibility index (Phi) is 4.34. The van der Waals surface area contributed by atoms with Gasteiger partial charge in [0.25, 0.3) is 0 Å². The first kappa shape index (κ1) is 14.0. The second kappa shape index (κ2) is 6.18. The van der Waals surface area contributed by atoms with E-state index in [4.69, 9.17) is 14.4 Å². The van der Waals surface area contributed by atoms with E-state index in [1.54, 1.807) is 12.1 Å². The van der Waals surface area contributed by atoms with Crippen molar-refractivity contribution in [3.63, 3.8) is 0 Å². The predicted molar refractivity (Wildman–Crippen MR) is 70.6 cm³/mol. The van der Waals surface area contributed by atoms with Crippen molar-refractivity contribution in [2.75, 3.05) is 0 Å². The van der Waals surface area contributed by atoms with Crippen LogP contribution in [0, 0.1) is 5.92 Å². The van der Waals surface area contributed by atoms with Crippen molar-refractivity contribution < 1.29 is 19.2 Å². The van der Waals surface area contributed by atoms with E-state index >= 15 is 0 Å². The Bertz CT molecular complexity index is 592. The number of rotatable bonds is 6. The minimum Gasteiger partial charge on any atom is -0.485 e. The minimum absolute atomic E-state index is 0.144. The quantitative estimate of drug-likeness (QED) is 0.872. The van der Waals surface area contributed by atoms with E-state index in [0.717, 1.165) is 6.42 Å². The molecule has 0 saturated carbocycles. The summed E-state index contributed by atoms with van der Waals surface area (Å²) in [5.74, 6) is 0.935. The van der Waals surface area contributed by atoms with Gasteiger partial charge in [-0.25, -0.2) is 4.79 Å². The van der Waals surface area contributed by atoms with E-state index in [2.05, 4.69) is 24.0 Å². The van der Waals surface area contributed by atoms with E-state index in [1.807, 2.05) is 0 Å². The molecule has 6 nitrogen and oxygen atoms in total. The fourth-order valence-electron chi connectivity index (χ4n) is 1.65. The molecular formula is C14H16N2O4. The zero-order chi connectivity index (χ0) is 14.5. The van der Waals surface area contributed by atoms with Crippen LogP contribution in [0.5, 0.6) is 5.75 Å². The largest absolute Gasteiger partial charge is 0.485 e. The van der Waals surface area contributed by atoms with Crippen molar-refractivity contribution in [2.45, 2.75) is 26.9 Å². The molecule has 0 aliphatic heterocycles. The van der Waals surface area contributed by atoms with Crippen molar-refractivity contribution in [1.82, 2.24) is 10.1 Å². The predicted octanol–water partition coefficient (Wildman–Crippen LogP) is 2.55. The molecule has 1 heterocycles. The molecule has 0 aliphatic carbocycles. The molecule has 0 radical (unpaired) electrons. The third-order valence-corrected chi connectivity index (χ3v) is 2.54. The van der Waals surface area contributed by atoms with Gasteiger partial charge in [0.15, 0.2) is 6.61 Å². The van der Waals surface area contributed by atoms with E-state index < -0.39 is 5.97 Å². The van der Waals surface area contributed by atoms with Crippen LogP contribution in [-0.2, 0) is 13.0 Å². The normalized spacial score (nSPS) is 10.8. The van der Waals surface area contributed by atoms with Crippen LogP contribution in [-0.4, -0.2) is 21.2 Å². The smallest absolute Gasteiger partial charge is 0.335 e. The van der Waals surface area contributed by atoms with Crippen molar-refractivity contribution >= 4 is 5.97 Å². The molecule has 0 aliphatic rings. The lowest BCUT2D eigenvalue weighted by molar-refractivity contribution is 0.0696. The molecule has 0 saturated heterocycles. The number of aromatic carboxylic acids is 1. The summed E-state index contributed by atoms with van der Waals surface area (Å²) < 4.78 is 10.5. The van der Waals surface area contributed by atoms with Gasteiger partial charge in [-0.3, -0.25) is 0 Å². The fraction of sp³-hybridized carbons (Fsp3) is 0.357. The summed E-state index contributed by atoms with van der Waals surface area (Å²) in [5.41, 5.74) is 0.177. The Morgan fingerprint density at radius 3 is 2.95 bits per heavy atom. The highest BCUT2D eigenvalue weighted by Gasteiger charge is 2.09. The zero-order valence-corrected chi connectivity index (χ0v) is 11.4. The van der Waals surface area contributed by atoms with E-state index in [-0.39, 0.29) is 12.2 Å². The molecule has 0 fully saturated rings. The van der Waals surface area contributed by atoms with Gasteiger partial charge in [-0.15, -0.1) is 0 Å². The molecule has 0 spiro atoms. The number of aromatic nitrogens is 2. The van der Waals surface area contributed by atoms with Gasteiger partial charge >= 0.3 is 5.97 Å². The van der Waals surface area contributed by atoms with Crippen molar-refractivity contribution in [3.05, 3.63) is 41.5 Å². The summed E-state index contributed by atoms with van der Waals surface area (Å²) in [6, 6.07) is 6.27. The molecule has 2 rings (SSSR count). The summed E-state index contributed by atoms with van der Waals surface area (Å²) in [4.78, 5) is 15.0. The molecule has 1 aromatic carbocycles. The summed E-state index contributed by atoms with van der Waals surface area (Å²) >= 11 is 0. The first-order valence-corrected chi connectivity index (χ1v) is 6.32. The van der Waals surface area contributed by atoms with Gasteiger partial charge in [0, 0.05) is 6.42 Å². The molecular weight excluding hydrogens is 260 g/mol. The maximum Gasteiger partial charge on any atom is 0.335 e. The monoisotopic (exact) mass is 276 g/mol. The number of ether oxygens (including phenoxy) is 1. The van der Waals surface area contributed by atoms with Crippen molar-refractivity contribution in [2.24, 2.45) is 5.92 Å². The molecule has 106 valence electrons. The maximum absolute atomic E-state index is 10.8. The van der Waals surface area contributed by atoms with Gasteiger partial charge in [0.1, 0.15) is 5.75 Å². The summed E-state index contributed by atoms with van der Waals surface area (Å²) in [6.07, 6.45) is 0.724. The Labute approximate surface area is 116 Å². The molecule has 20 heavy (non-hydrogen) atoms. The molecule has 0 unspecified atom stereocenters. The maximum atomic E-state index is 10.8. The highest BCUT2D eigenvalue weighted by Crippen LogP contribution is 2.15. The lowest BCUT2D eigenvalue weighted by Gasteiger charge is -2.03. The van der Waals surface area contributed by atoms with Crippen molar-refractivity contribution in [3.8, 4) is 5.75 Å². The summed E-state index contributed by atoms with van der Waals surface area (Å²) in [7, 11) is 0. The molecule has 1 aromatic heterocycles.